The van der Waals surface area contributed by atoms with E-state index in [1.54, 1.807) is 0 Å². The number of hydrogen-bond donors (Lipinski definition) is 0. The van der Waals surface area contributed by atoms with Crippen LogP contribution in [0.5, 0.6) is 0 Å². The lowest BCUT2D eigenvalue weighted by Gasteiger charge is -2.19. The summed E-state index contributed by atoms with van der Waals surface area (Å²) in [6.45, 7) is 7.22. The van der Waals surface area contributed by atoms with Gasteiger partial charge >= 0.3 is 6.18 Å². The lowest BCUT2D eigenvalue weighted by Crippen LogP contribution is -2.25. The Morgan fingerprint density at radius 2 is 2.05 bits per heavy atom. The molecular weight excluding hydrogens is 285 g/mol. The highest BCUT2D eigenvalue weighted by atomic mass is 19.4. The molecule has 7 heteroatoms. The summed E-state index contributed by atoms with van der Waals surface area (Å²) in [7, 11) is 0. The van der Waals surface area contributed by atoms with Gasteiger partial charge in [-0.25, -0.2) is 0 Å². The van der Waals surface area contributed by atoms with Gasteiger partial charge in [0.05, 0.1) is 29.5 Å². The van der Waals surface area contributed by atoms with Crippen molar-refractivity contribution < 1.29 is 22.7 Å². The Bertz CT molecular complexity index is 561. The summed E-state index contributed by atoms with van der Waals surface area (Å²) in [4.78, 5) is 11.5. The van der Waals surface area contributed by atoms with Crippen LogP contribution in [0.1, 0.15) is 48.4 Å². The first-order valence-electron chi connectivity index (χ1n) is 6.84. The van der Waals surface area contributed by atoms with Crippen molar-refractivity contribution >= 4 is 5.78 Å². The van der Waals surface area contributed by atoms with Crippen LogP contribution >= 0.6 is 0 Å². The van der Waals surface area contributed by atoms with Crippen LogP contribution in [0.25, 0.3) is 0 Å². The molecule has 0 amide bonds. The molecule has 1 aromatic heterocycles. The van der Waals surface area contributed by atoms with E-state index in [-0.39, 0.29) is 28.7 Å². The second kappa shape index (κ2) is 5.12. The van der Waals surface area contributed by atoms with Crippen LogP contribution in [0.3, 0.4) is 0 Å². The minimum absolute atomic E-state index is 0.0909. The molecule has 0 radical (unpaired) electrons. The molecule has 1 aromatic rings. The van der Waals surface area contributed by atoms with Gasteiger partial charge in [0.2, 0.25) is 0 Å². The molecule has 0 spiro atoms. The van der Waals surface area contributed by atoms with Crippen molar-refractivity contribution in [1.82, 2.24) is 9.78 Å². The van der Waals surface area contributed by atoms with Gasteiger partial charge in [0.15, 0.2) is 0 Å². The van der Waals surface area contributed by atoms with Crippen LogP contribution in [0.15, 0.2) is 0 Å². The number of carbonyl (C=O) groups excluding carboxylic acids is 1. The van der Waals surface area contributed by atoms with Gasteiger partial charge in [-0.2, -0.15) is 18.3 Å². The average molecular weight is 304 g/mol. The van der Waals surface area contributed by atoms with E-state index in [0.29, 0.717) is 6.54 Å². The van der Waals surface area contributed by atoms with Gasteiger partial charge < -0.3 is 4.74 Å². The van der Waals surface area contributed by atoms with Gasteiger partial charge in [0.25, 0.3) is 5.78 Å². The smallest absolute Gasteiger partial charge is 0.370 e. The number of halogens is 3. The minimum Gasteiger partial charge on any atom is -0.370 e. The fraction of sp³-hybridized carbons (Fsp3) is 0.714. The lowest BCUT2D eigenvalue weighted by molar-refractivity contribution is -0.0886. The molecule has 2 heterocycles. The van der Waals surface area contributed by atoms with Crippen LogP contribution in [-0.2, 0) is 11.3 Å². The second-order valence-electron chi connectivity index (χ2n) is 6.09. The van der Waals surface area contributed by atoms with Crippen LogP contribution in [-0.4, -0.2) is 33.4 Å². The molecule has 1 aliphatic rings. The van der Waals surface area contributed by atoms with E-state index in [2.05, 4.69) is 5.10 Å². The topological polar surface area (TPSA) is 44.1 Å². The molecule has 1 aliphatic heterocycles. The maximum atomic E-state index is 12.6. The quantitative estimate of drug-likeness (QED) is 0.806. The zero-order valence-corrected chi connectivity index (χ0v) is 12.5. The number of hydrogen-bond acceptors (Lipinski definition) is 3. The van der Waals surface area contributed by atoms with Gasteiger partial charge in [0.1, 0.15) is 0 Å². The summed E-state index contributed by atoms with van der Waals surface area (Å²) in [5.74, 6) is -1.84. The highest BCUT2D eigenvalue weighted by molar-refractivity contribution is 6.02. The Kier molecular flexibility index (Phi) is 3.90. The summed E-state index contributed by atoms with van der Waals surface area (Å²) in [5.41, 5.74) is -0.222. The van der Waals surface area contributed by atoms with E-state index in [4.69, 9.17) is 4.74 Å². The third-order valence-corrected chi connectivity index (χ3v) is 3.80. The third-order valence-electron chi connectivity index (χ3n) is 3.80. The van der Waals surface area contributed by atoms with E-state index in [0.717, 1.165) is 12.8 Å². The fourth-order valence-electron chi connectivity index (χ4n) is 2.74. The monoisotopic (exact) mass is 304 g/mol. The van der Waals surface area contributed by atoms with Crippen LogP contribution in [0.2, 0.25) is 0 Å². The van der Waals surface area contributed by atoms with Gasteiger partial charge in [-0.1, -0.05) is 0 Å². The Hall–Kier alpha value is -1.37. The zero-order chi connectivity index (χ0) is 16.0. The van der Waals surface area contributed by atoms with Gasteiger partial charge in [0, 0.05) is 5.69 Å². The molecule has 0 aliphatic carbocycles. The van der Waals surface area contributed by atoms with Crippen molar-refractivity contribution in [3.8, 4) is 0 Å². The summed E-state index contributed by atoms with van der Waals surface area (Å²) in [5, 5.41) is 4.07. The van der Waals surface area contributed by atoms with E-state index in [1.165, 1.54) is 18.5 Å². The Morgan fingerprint density at radius 1 is 1.43 bits per heavy atom. The molecule has 0 aromatic carbocycles. The van der Waals surface area contributed by atoms with Gasteiger partial charge in [-0.15, -0.1) is 0 Å². The number of nitrogens with zero attached hydrogens (tertiary/aromatic N) is 2. The first-order valence-corrected chi connectivity index (χ1v) is 6.84. The number of rotatable bonds is 3. The van der Waals surface area contributed by atoms with Gasteiger partial charge in [-0.05, 0) is 40.5 Å². The first-order chi connectivity index (χ1) is 9.51. The molecule has 0 bridgehead atoms. The number of alkyl halides is 3. The van der Waals surface area contributed by atoms with Crippen LogP contribution < -0.4 is 0 Å². The van der Waals surface area contributed by atoms with Crippen molar-refractivity contribution in [2.45, 2.75) is 65.0 Å². The molecule has 1 atom stereocenters. The SMILES string of the molecule is Cc1nn(CC2CCC(C)(C)O2)c(C)c1C(=O)C(F)(F)F. The van der Waals surface area contributed by atoms with E-state index >= 15 is 0 Å². The highest BCUT2D eigenvalue weighted by Crippen LogP contribution is 2.31. The average Bonchev–Trinajstić information content (AvgIpc) is 2.78. The maximum Gasteiger partial charge on any atom is 0.455 e. The van der Waals surface area contributed by atoms with Crippen molar-refractivity contribution in [1.29, 1.82) is 0 Å². The first kappa shape index (κ1) is 16.0. The zero-order valence-electron chi connectivity index (χ0n) is 12.5. The maximum absolute atomic E-state index is 12.6. The summed E-state index contributed by atoms with van der Waals surface area (Å²) >= 11 is 0. The molecule has 0 saturated carbocycles. The lowest BCUT2D eigenvalue weighted by atomic mass is 10.1. The highest BCUT2D eigenvalue weighted by Gasteiger charge is 2.42. The number of ketones is 1. The normalized spacial score (nSPS) is 21.8. The van der Waals surface area contributed by atoms with E-state index < -0.39 is 12.0 Å². The number of ether oxygens (including phenoxy) is 1. The van der Waals surface area contributed by atoms with E-state index in [1.807, 2.05) is 13.8 Å². The summed E-state index contributed by atoms with van der Waals surface area (Å²) in [6.07, 6.45) is -3.25. The van der Waals surface area contributed by atoms with Crippen molar-refractivity contribution in [3.05, 3.63) is 17.0 Å². The van der Waals surface area contributed by atoms with E-state index in [9.17, 15) is 18.0 Å². The predicted octanol–water partition coefficient (Wildman–Crippen LogP) is 3.20. The Balaban J connectivity index is 2.22. The van der Waals surface area contributed by atoms with Crippen LogP contribution in [0.4, 0.5) is 13.2 Å². The molecule has 118 valence electrons. The third kappa shape index (κ3) is 3.28. The second-order valence-corrected chi connectivity index (χ2v) is 6.09. The molecule has 0 N–H and O–H groups in total. The van der Waals surface area contributed by atoms with Gasteiger partial charge in [-0.3, -0.25) is 9.48 Å². The fourth-order valence-corrected chi connectivity index (χ4v) is 2.74. The number of aromatic nitrogens is 2. The molecular formula is C14H19F3N2O2. The van der Waals surface area contributed by atoms with Crippen molar-refractivity contribution in [2.75, 3.05) is 0 Å². The van der Waals surface area contributed by atoms with Crippen molar-refractivity contribution in [3.63, 3.8) is 0 Å². The minimum atomic E-state index is -4.88. The molecule has 21 heavy (non-hydrogen) atoms. The molecule has 1 unspecified atom stereocenters. The number of carbonyl (C=O) groups is 1. The summed E-state index contributed by atoms with van der Waals surface area (Å²) in [6, 6.07) is 0. The number of Topliss-reactive ketones (excluding diaryl/α,β-unsaturated/α-hetero) is 1. The Morgan fingerprint density at radius 3 is 2.52 bits per heavy atom. The standard InChI is InChI=1S/C14H19F3N2O2/c1-8-11(12(20)14(15,16)17)9(2)19(18-8)7-10-5-6-13(3,4)21-10/h10H,5-7H2,1-4H3. The molecule has 4 nitrogen and oxygen atoms in total. The summed E-state index contributed by atoms with van der Waals surface area (Å²) < 4.78 is 45.1. The largest absolute Gasteiger partial charge is 0.455 e. The van der Waals surface area contributed by atoms with Crippen LogP contribution in [0, 0.1) is 13.8 Å². The Labute approximate surface area is 121 Å². The molecule has 1 fully saturated rings. The molecule has 2 rings (SSSR count). The molecule has 1 saturated heterocycles. The predicted molar refractivity (Wildman–Crippen MR) is 70.3 cm³/mol. The van der Waals surface area contributed by atoms with Crippen molar-refractivity contribution in [2.24, 2.45) is 0 Å². The number of aryl methyl sites for hydroxylation is 1.